The molecular formula is C13H19N3OS. The van der Waals surface area contributed by atoms with Crippen molar-refractivity contribution >= 4 is 16.5 Å². The monoisotopic (exact) mass is 265 g/mol. The Hall–Kier alpha value is -1.33. The summed E-state index contributed by atoms with van der Waals surface area (Å²) in [6.07, 6.45) is 0. The second-order valence-electron chi connectivity index (χ2n) is 4.40. The van der Waals surface area contributed by atoms with Crippen LogP contribution in [0.4, 0.5) is 5.13 Å². The van der Waals surface area contributed by atoms with Crippen molar-refractivity contribution in [2.75, 3.05) is 19.0 Å². The minimum absolute atomic E-state index is 0.750. The third-order valence-electron chi connectivity index (χ3n) is 2.73. The van der Waals surface area contributed by atoms with Crippen molar-refractivity contribution < 1.29 is 4.42 Å². The summed E-state index contributed by atoms with van der Waals surface area (Å²) in [6.45, 7) is 5.64. The van der Waals surface area contributed by atoms with Gasteiger partial charge in [-0.05, 0) is 33.0 Å². The fraction of sp³-hybridized carbons (Fsp3) is 0.462. The van der Waals surface area contributed by atoms with Gasteiger partial charge in [-0.1, -0.05) is 0 Å². The van der Waals surface area contributed by atoms with Crippen LogP contribution in [-0.4, -0.2) is 19.1 Å². The molecule has 0 amide bonds. The van der Waals surface area contributed by atoms with E-state index in [0.717, 1.165) is 35.4 Å². The number of thiazole rings is 1. The second kappa shape index (κ2) is 5.54. The third kappa shape index (κ3) is 2.91. The number of rotatable bonds is 5. The minimum atomic E-state index is 0.750. The molecule has 2 rings (SSSR count). The zero-order valence-electron chi connectivity index (χ0n) is 11.3. The normalized spacial score (nSPS) is 10.9. The first-order valence-corrected chi connectivity index (χ1v) is 6.79. The fourth-order valence-corrected chi connectivity index (χ4v) is 2.81. The van der Waals surface area contributed by atoms with Gasteiger partial charge < -0.3 is 14.6 Å². The van der Waals surface area contributed by atoms with Crippen LogP contribution >= 0.6 is 11.3 Å². The molecule has 0 fully saturated rings. The van der Waals surface area contributed by atoms with Gasteiger partial charge in [0.05, 0.1) is 12.2 Å². The third-order valence-corrected chi connectivity index (χ3v) is 4.01. The van der Waals surface area contributed by atoms with Crippen LogP contribution in [0, 0.1) is 13.8 Å². The van der Waals surface area contributed by atoms with E-state index >= 15 is 0 Å². The summed E-state index contributed by atoms with van der Waals surface area (Å²) in [5.74, 6) is 1.92. The molecule has 0 unspecified atom stereocenters. The predicted octanol–water partition coefficient (Wildman–Crippen LogP) is 2.71. The lowest BCUT2D eigenvalue weighted by Gasteiger charge is -2.13. The molecule has 18 heavy (non-hydrogen) atoms. The van der Waals surface area contributed by atoms with E-state index in [0.29, 0.717) is 0 Å². The Balaban J connectivity index is 2.08. The summed E-state index contributed by atoms with van der Waals surface area (Å²) in [5, 5.41) is 4.20. The molecule has 2 heterocycles. The van der Waals surface area contributed by atoms with Crippen molar-refractivity contribution in [3.8, 4) is 0 Å². The number of hydrogen-bond acceptors (Lipinski definition) is 5. The number of aromatic nitrogens is 1. The Morgan fingerprint density at radius 1 is 1.39 bits per heavy atom. The average molecular weight is 265 g/mol. The van der Waals surface area contributed by atoms with Crippen LogP contribution < -0.4 is 10.2 Å². The van der Waals surface area contributed by atoms with Gasteiger partial charge >= 0.3 is 0 Å². The number of hydrogen-bond donors (Lipinski definition) is 1. The fourth-order valence-electron chi connectivity index (χ4n) is 1.77. The van der Waals surface area contributed by atoms with E-state index in [1.807, 2.05) is 33.2 Å². The topological polar surface area (TPSA) is 41.3 Å². The van der Waals surface area contributed by atoms with Gasteiger partial charge in [0.15, 0.2) is 5.13 Å². The summed E-state index contributed by atoms with van der Waals surface area (Å²) in [7, 11) is 3.99. The zero-order chi connectivity index (χ0) is 13.1. The quantitative estimate of drug-likeness (QED) is 0.902. The highest BCUT2D eigenvalue weighted by Gasteiger charge is 2.12. The molecule has 0 saturated heterocycles. The average Bonchev–Trinajstić information content (AvgIpc) is 2.87. The number of nitrogens with one attached hydrogen (secondary N) is 1. The summed E-state index contributed by atoms with van der Waals surface area (Å²) in [4.78, 5) is 8.00. The summed E-state index contributed by atoms with van der Waals surface area (Å²) in [6, 6.07) is 4.00. The molecule has 0 saturated carbocycles. The van der Waals surface area contributed by atoms with Crippen LogP contribution in [0.3, 0.4) is 0 Å². The van der Waals surface area contributed by atoms with Crippen LogP contribution in [0.1, 0.15) is 22.1 Å². The lowest BCUT2D eigenvalue weighted by atomic mass is 10.4. The first-order chi connectivity index (χ1) is 8.60. The standard InChI is InChI=1S/C13H19N3OS/c1-9-5-6-11(17-9)8-16(4)13-15-10(2)12(18-13)7-14-3/h5-6,14H,7-8H2,1-4H3. The van der Waals surface area contributed by atoms with E-state index in [1.54, 1.807) is 11.3 Å². The number of furan rings is 1. The molecule has 5 heteroatoms. The SMILES string of the molecule is CNCc1sc(N(C)Cc2ccc(C)o2)nc1C. The molecule has 0 aliphatic heterocycles. The van der Waals surface area contributed by atoms with E-state index < -0.39 is 0 Å². The molecule has 0 atom stereocenters. The molecule has 0 aliphatic rings. The van der Waals surface area contributed by atoms with Crippen LogP contribution in [-0.2, 0) is 13.1 Å². The molecule has 0 bridgehead atoms. The molecular weight excluding hydrogens is 246 g/mol. The van der Waals surface area contributed by atoms with Crippen molar-refractivity contribution in [3.05, 3.63) is 34.2 Å². The molecule has 2 aromatic rings. The Morgan fingerprint density at radius 2 is 2.17 bits per heavy atom. The first-order valence-electron chi connectivity index (χ1n) is 5.97. The van der Waals surface area contributed by atoms with E-state index in [-0.39, 0.29) is 0 Å². The Labute approximate surface area is 112 Å². The van der Waals surface area contributed by atoms with Crippen LogP contribution in [0.15, 0.2) is 16.5 Å². The Kier molecular flexibility index (Phi) is 4.04. The maximum absolute atomic E-state index is 5.58. The van der Waals surface area contributed by atoms with Crippen LogP contribution in [0.5, 0.6) is 0 Å². The smallest absolute Gasteiger partial charge is 0.185 e. The minimum Gasteiger partial charge on any atom is -0.464 e. The number of aryl methyl sites for hydroxylation is 2. The largest absolute Gasteiger partial charge is 0.464 e. The van der Waals surface area contributed by atoms with Gasteiger partial charge in [-0.25, -0.2) is 4.98 Å². The van der Waals surface area contributed by atoms with Crippen molar-refractivity contribution in [1.29, 1.82) is 0 Å². The number of nitrogens with zero attached hydrogens (tertiary/aromatic N) is 2. The zero-order valence-corrected chi connectivity index (χ0v) is 12.1. The van der Waals surface area contributed by atoms with Crippen molar-refractivity contribution in [3.63, 3.8) is 0 Å². The highest BCUT2D eigenvalue weighted by molar-refractivity contribution is 7.15. The molecule has 0 aromatic carbocycles. The maximum atomic E-state index is 5.58. The molecule has 0 spiro atoms. The van der Waals surface area contributed by atoms with Gasteiger partial charge in [-0.2, -0.15) is 0 Å². The lowest BCUT2D eigenvalue weighted by Crippen LogP contribution is -2.15. The van der Waals surface area contributed by atoms with E-state index in [4.69, 9.17) is 4.42 Å². The molecule has 98 valence electrons. The maximum Gasteiger partial charge on any atom is 0.185 e. The first kappa shape index (κ1) is 13.1. The van der Waals surface area contributed by atoms with Crippen LogP contribution in [0.2, 0.25) is 0 Å². The number of anilines is 1. The van der Waals surface area contributed by atoms with Gasteiger partial charge in [-0.15, -0.1) is 11.3 Å². The molecule has 0 aliphatic carbocycles. The van der Waals surface area contributed by atoms with E-state index in [9.17, 15) is 0 Å². The second-order valence-corrected chi connectivity index (χ2v) is 5.47. The predicted molar refractivity (Wildman–Crippen MR) is 75.2 cm³/mol. The van der Waals surface area contributed by atoms with Gasteiger partial charge in [0.25, 0.3) is 0 Å². The molecule has 2 aromatic heterocycles. The molecule has 0 radical (unpaired) electrons. The highest BCUT2D eigenvalue weighted by Crippen LogP contribution is 2.26. The van der Waals surface area contributed by atoms with Crippen molar-refractivity contribution in [2.45, 2.75) is 26.9 Å². The highest BCUT2D eigenvalue weighted by atomic mass is 32.1. The lowest BCUT2D eigenvalue weighted by molar-refractivity contribution is 0.481. The van der Waals surface area contributed by atoms with Crippen molar-refractivity contribution in [1.82, 2.24) is 10.3 Å². The molecule has 4 nitrogen and oxygen atoms in total. The van der Waals surface area contributed by atoms with Gasteiger partial charge in [-0.3, -0.25) is 0 Å². The van der Waals surface area contributed by atoms with E-state index in [1.165, 1.54) is 4.88 Å². The summed E-state index contributed by atoms with van der Waals surface area (Å²) >= 11 is 1.73. The summed E-state index contributed by atoms with van der Waals surface area (Å²) in [5.41, 5.74) is 1.10. The van der Waals surface area contributed by atoms with Gasteiger partial charge in [0, 0.05) is 18.5 Å². The molecule has 1 N–H and O–H groups in total. The van der Waals surface area contributed by atoms with E-state index in [2.05, 4.69) is 22.1 Å². The van der Waals surface area contributed by atoms with Crippen molar-refractivity contribution in [2.24, 2.45) is 0 Å². The van der Waals surface area contributed by atoms with Gasteiger partial charge in [0.2, 0.25) is 0 Å². The Morgan fingerprint density at radius 3 is 2.78 bits per heavy atom. The van der Waals surface area contributed by atoms with Crippen LogP contribution in [0.25, 0.3) is 0 Å². The van der Waals surface area contributed by atoms with Gasteiger partial charge in [0.1, 0.15) is 11.5 Å². The Bertz CT molecular complexity index is 518. The summed E-state index contributed by atoms with van der Waals surface area (Å²) < 4.78 is 5.58.